The molecule has 6 heteroatoms. The van der Waals surface area contributed by atoms with Crippen LogP contribution in [0.15, 0.2) is 109 Å². The number of aliphatic hydroxyl groups is 1. The number of hydrogen-bond donors (Lipinski definition) is 4. The zero-order valence-electron chi connectivity index (χ0n) is 20.7. The fraction of sp³-hybridized carbons (Fsp3) is 0.226. The Kier molecular flexibility index (Phi) is 9.41. The van der Waals surface area contributed by atoms with E-state index >= 15 is 0 Å². The maximum absolute atomic E-state index is 11.6. The average Bonchev–Trinajstić information content (AvgIpc) is 2.92. The Morgan fingerprint density at radius 2 is 1.38 bits per heavy atom. The summed E-state index contributed by atoms with van der Waals surface area (Å²) in [5.41, 5.74) is 5.11. The first-order chi connectivity index (χ1) is 18.1. The van der Waals surface area contributed by atoms with Gasteiger partial charge in [0.1, 0.15) is 0 Å². The number of rotatable bonds is 12. The highest BCUT2D eigenvalue weighted by Crippen LogP contribution is 2.19. The second kappa shape index (κ2) is 13.3. The Morgan fingerprint density at radius 1 is 0.757 bits per heavy atom. The Labute approximate surface area is 218 Å². The van der Waals surface area contributed by atoms with Crippen molar-refractivity contribution in [2.45, 2.75) is 44.0 Å². The molecule has 0 radical (unpaired) electrons. The summed E-state index contributed by atoms with van der Waals surface area (Å²) in [7, 11) is 0. The largest absolute Gasteiger partial charge is 0.465 e. The molecule has 4 aromatic rings. The van der Waals surface area contributed by atoms with Crippen LogP contribution in [0.5, 0.6) is 0 Å². The van der Waals surface area contributed by atoms with Crippen LogP contribution >= 0.6 is 0 Å². The molecule has 0 bridgehead atoms. The minimum atomic E-state index is -1.10. The van der Waals surface area contributed by atoms with Crippen molar-refractivity contribution in [2.24, 2.45) is 0 Å². The van der Waals surface area contributed by atoms with Gasteiger partial charge in [0.2, 0.25) is 0 Å². The standard InChI is InChI=1S/C31H33N3O3/c35-30(29(20-23-9-3-1-4-10-23)33-22-25-11-5-2-6-12-25)21-27(34-31(36)37)19-24-14-16-26(17-15-24)28-13-7-8-18-32-28/h1-18,27,29-30,33-35H,19-22H2,(H,36,37)/t27?,29-,30-/m0/s1. The number of benzene rings is 3. The van der Waals surface area contributed by atoms with Gasteiger partial charge in [0.15, 0.2) is 0 Å². The Hall–Kier alpha value is -4.00. The first-order valence-electron chi connectivity index (χ1n) is 12.6. The molecule has 0 aliphatic carbocycles. The van der Waals surface area contributed by atoms with Gasteiger partial charge in [-0.25, -0.2) is 4.79 Å². The van der Waals surface area contributed by atoms with Crippen molar-refractivity contribution in [3.63, 3.8) is 0 Å². The molecule has 3 atom stereocenters. The average molecular weight is 496 g/mol. The summed E-state index contributed by atoms with van der Waals surface area (Å²) < 4.78 is 0. The van der Waals surface area contributed by atoms with Gasteiger partial charge in [-0.05, 0) is 48.1 Å². The van der Waals surface area contributed by atoms with Gasteiger partial charge in [0.05, 0.1) is 11.8 Å². The molecule has 0 saturated carbocycles. The summed E-state index contributed by atoms with van der Waals surface area (Å²) >= 11 is 0. The minimum absolute atomic E-state index is 0.243. The molecule has 0 aliphatic heterocycles. The van der Waals surface area contributed by atoms with E-state index in [1.807, 2.05) is 103 Å². The predicted octanol–water partition coefficient (Wildman–Crippen LogP) is 5.08. The summed E-state index contributed by atoms with van der Waals surface area (Å²) in [4.78, 5) is 16.0. The number of aromatic nitrogens is 1. The Balaban J connectivity index is 1.45. The van der Waals surface area contributed by atoms with Gasteiger partial charge in [-0.2, -0.15) is 0 Å². The van der Waals surface area contributed by atoms with E-state index in [0.717, 1.165) is 27.9 Å². The van der Waals surface area contributed by atoms with Crippen LogP contribution in [0.4, 0.5) is 4.79 Å². The summed E-state index contributed by atoms with van der Waals surface area (Å²) in [5.74, 6) is 0. The molecule has 6 nitrogen and oxygen atoms in total. The highest BCUT2D eigenvalue weighted by molar-refractivity contribution is 5.65. The number of nitrogens with one attached hydrogen (secondary N) is 2. The van der Waals surface area contributed by atoms with Crippen LogP contribution in [-0.4, -0.2) is 39.5 Å². The van der Waals surface area contributed by atoms with Crippen molar-refractivity contribution in [3.8, 4) is 11.3 Å². The van der Waals surface area contributed by atoms with Crippen LogP contribution in [0.25, 0.3) is 11.3 Å². The molecule has 4 rings (SSSR count). The monoisotopic (exact) mass is 495 g/mol. The molecule has 0 aliphatic rings. The predicted molar refractivity (Wildman–Crippen MR) is 146 cm³/mol. The van der Waals surface area contributed by atoms with Gasteiger partial charge in [0, 0.05) is 30.4 Å². The SMILES string of the molecule is O=C(O)NC(Cc1ccc(-c2ccccn2)cc1)C[C@H](O)[C@H](Cc1ccccc1)NCc1ccccc1. The topological polar surface area (TPSA) is 94.5 Å². The molecule has 1 aromatic heterocycles. The molecular weight excluding hydrogens is 462 g/mol. The normalized spacial score (nSPS) is 13.4. The summed E-state index contributed by atoms with van der Waals surface area (Å²) in [6.07, 6.45) is 1.30. The lowest BCUT2D eigenvalue weighted by Gasteiger charge is -2.28. The highest BCUT2D eigenvalue weighted by atomic mass is 16.4. The lowest BCUT2D eigenvalue weighted by atomic mass is 9.93. The smallest absolute Gasteiger partial charge is 0.404 e. The van der Waals surface area contributed by atoms with Gasteiger partial charge in [-0.15, -0.1) is 0 Å². The van der Waals surface area contributed by atoms with Crippen LogP contribution in [0.1, 0.15) is 23.1 Å². The van der Waals surface area contributed by atoms with Crippen molar-refractivity contribution in [2.75, 3.05) is 0 Å². The van der Waals surface area contributed by atoms with Gasteiger partial charge >= 0.3 is 6.09 Å². The number of carbonyl (C=O) groups is 1. The molecule has 190 valence electrons. The van der Waals surface area contributed by atoms with E-state index in [2.05, 4.69) is 15.6 Å². The summed E-state index contributed by atoms with van der Waals surface area (Å²) in [6, 6.07) is 33.1. The first kappa shape index (κ1) is 26.1. The Bertz CT molecular complexity index is 1220. The van der Waals surface area contributed by atoms with Crippen LogP contribution in [0.2, 0.25) is 0 Å². The number of nitrogens with zero attached hydrogens (tertiary/aromatic N) is 1. The van der Waals surface area contributed by atoms with E-state index < -0.39 is 18.2 Å². The van der Waals surface area contributed by atoms with Crippen molar-refractivity contribution < 1.29 is 15.0 Å². The van der Waals surface area contributed by atoms with Crippen molar-refractivity contribution >= 4 is 6.09 Å². The Morgan fingerprint density at radius 3 is 2.00 bits per heavy atom. The lowest BCUT2D eigenvalue weighted by Crippen LogP contribution is -2.46. The third kappa shape index (κ3) is 8.27. The number of aliphatic hydroxyl groups excluding tert-OH is 1. The molecule has 1 amide bonds. The van der Waals surface area contributed by atoms with Gasteiger partial charge in [0.25, 0.3) is 0 Å². The van der Waals surface area contributed by atoms with E-state index in [9.17, 15) is 15.0 Å². The van der Waals surface area contributed by atoms with Gasteiger partial charge in [-0.3, -0.25) is 4.98 Å². The molecule has 0 fully saturated rings. The molecule has 3 aromatic carbocycles. The third-order valence-electron chi connectivity index (χ3n) is 6.42. The maximum Gasteiger partial charge on any atom is 0.404 e. The zero-order chi connectivity index (χ0) is 25.9. The second-order valence-corrected chi connectivity index (χ2v) is 9.23. The second-order valence-electron chi connectivity index (χ2n) is 9.23. The summed E-state index contributed by atoms with van der Waals surface area (Å²) in [5, 5.41) is 26.9. The number of pyridine rings is 1. The molecule has 1 heterocycles. The zero-order valence-corrected chi connectivity index (χ0v) is 20.7. The molecule has 0 spiro atoms. The highest BCUT2D eigenvalue weighted by Gasteiger charge is 2.24. The number of hydrogen-bond acceptors (Lipinski definition) is 4. The molecule has 0 saturated heterocycles. The van der Waals surface area contributed by atoms with Crippen LogP contribution in [0, 0.1) is 0 Å². The van der Waals surface area contributed by atoms with E-state index in [-0.39, 0.29) is 12.5 Å². The van der Waals surface area contributed by atoms with Crippen LogP contribution in [0.3, 0.4) is 0 Å². The minimum Gasteiger partial charge on any atom is -0.465 e. The van der Waals surface area contributed by atoms with Crippen molar-refractivity contribution in [1.29, 1.82) is 0 Å². The van der Waals surface area contributed by atoms with E-state index in [1.165, 1.54) is 0 Å². The molecule has 4 N–H and O–H groups in total. The molecule has 37 heavy (non-hydrogen) atoms. The quantitative estimate of drug-likeness (QED) is 0.220. The number of carboxylic acid groups (broad SMARTS) is 1. The van der Waals surface area contributed by atoms with E-state index in [0.29, 0.717) is 19.4 Å². The van der Waals surface area contributed by atoms with Crippen molar-refractivity contribution in [1.82, 2.24) is 15.6 Å². The molecule has 1 unspecified atom stereocenters. The fourth-order valence-electron chi connectivity index (χ4n) is 4.51. The van der Waals surface area contributed by atoms with E-state index in [4.69, 9.17) is 0 Å². The third-order valence-corrected chi connectivity index (χ3v) is 6.42. The molecular formula is C31H33N3O3. The first-order valence-corrected chi connectivity index (χ1v) is 12.6. The van der Waals surface area contributed by atoms with Crippen LogP contribution < -0.4 is 10.6 Å². The van der Waals surface area contributed by atoms with Gasteiger partial charge < -0.3 is 20.8 Å². The van der Waals surface area contributed by atoms with E-state index in [1.54, 1.807) is 6.20 Å². The summed E-state index contributed by atoms with van der Waals surface area (Å²) in [6.45, 7) is 0.613. The van der Waals surface area contributed by atoms with Gasteiger partial charge in [-0.1, -0.05) is 91.0 Å². The number of amides is 1. The van der Waals surface area contributed by atoms with Crippen molar-refractivity contribution in [3.05, 3.63) is 126 Å². The fourth-order valence-corrected chi connectivity index (χ4v) is 4.51. The van der Waals surface area contributed by atoms with Crippen LogP contribution in [-0.2, 0) is 19.4 Å². The maximum atomic E-state index is 11.6. The lowest BCUT2D eigenvalue weighted by molar-refractivity contribution is 0.103.